The summed E-state index contributed by atoms with van der Waals surface area (Å²) in [4.78, 5) is 36.0. The first kappa shape index (κ1) is 29.6. The van der Waals surface area contributed by atoms with E-state index in [1.807, 2.05) is 54.6 Å². The Morgan fingerprint density at radius 1 is 0.881 bits per heavy atom. The van der Waals surface area contributed by atoms with E-state index in [1.54, 1.807) is 12.4 Å². The monoisotopic (exact) mass is 575 g/mol. The average molecular weight is 576 g/mol. The number of anilines is 1. The van der Waals surface area contributed by atoms with Crippen LogP contribution in [0.3, 0.4) is 0 Å². The van der Waals surface area contributed by atoms with E-state index in [0.717, 1.165) is 60.9 Å². The number of carbonyl (C=O) groups excluding carboxylic acids is 1. The maximum Gasteiger partial charge on any atom is 0.303 e. The summed E-state index contributed by atoms with van der Waals surface area (Å²) in [7, 11) is 0. The molecule has 0 saturated carbocycles. The highest BCUT2D eigenvalue weighted by Gasteiger charge is 2.34. The molecular formula is C31H37N5O6. The number of aliphatic carboxylic acids is 1. The Balaban J connectivity index is 1.23. The number of benzene rings is 2. The molecule has 2 aromatic carbocycles. The lowest BCUT2D eigenvalue weighted by Gasteiger charge is -2.40. The predicted octanol–water partition coefficient (Wildman–Crippen LogP) is 2.82. The number of hydrogen-bond donors (Lipinski definition) is 3. The summed E-state index contributed by atoms with van der Waals surface area (Å²) >= 11 is 0. The van der Waals surface area contributed by atoms with Gasteiger partial charge in [0, 0.05) is 70.1 Å². The lowest BCUT2D eigenvalue weighted by atomic mass is 9.99. The van der Waals surface area contributed by atoms with Crippen LogP contribution in [0.25, 0.3) is 0 Å². The van der Waals surface area contributed by atoms with Crippen LogP contribution in [-0.4, -0.2) is 75.8 Å². The van der Waals surface area contributed by atoms with Crippen LogP contribution in [0.15, 0.2) is 67.0 Å². The van der Waals surface area contributed by atoms with Crippen molar-refractivity contribution in [2.75, 3.05) is 37.6 Å². The molecule has 11 nitrogen and oxygen atoms in total. The lowest BCUT2D eigenvalue weighted by molar-refractivity contribution is -0.253. The zero-order valence-electron chi connectivity index (χ0n) is 23.5. The van der Waals surface area contributed by atoms with Crippen LogP contribution in [0.4, 0.5) is 5.95 Å². The number of aromatic nitrogens is 2. The Morgan fingerprint density at radius 2 is 1.55 bits per heavy atom. The quantitative estimate of drug-likeness (QED) is 0.313. The van der Waals surface area contributed by atoms with Gasteiger partial charge in [0.1, 0.15) is 0 Å². The van der Waals surface area contributed by atoms with E-state index in [9.17, 15) is 14.7 Å². The van der Waals surface area contributed by atoms with Crippen LogP contribution in [0.2, 0.25) is 0 Å². The van der Waals surface area contributed by atoms with E-state index in [1.165, 1.54) is 0 Å². The Kier molecular flexibility index (Phi) is 10.1. The second kappa shape index (κ2) is 14.3. The number of nitrogens with one attached hydrogen (secondary N) is 1. The molecule has 2 saturated heterocycles. The molecular weight excluding hydrogens is 538 g/mol. The van der Waals surface area contributed by atoms with Gasteiger partial charge in [-0.1, -0.05) is 48.5 Å². The number of carboxylic acid groups (broad SMARTS) is 1. The number of aliphatic hydroxyl groups is 1. The molecule has 0 unspecified atom stereocenters. The maximum absolute atomic E-state index is 11.9. The molecule has 42 heavy (non-hydrogen) atoms. The molecule has 3 aromatic rings. The standard InChI is InChI=1S/C31H37N5O6/c37-21-23-4-6-24(7-5-23)27-18-26(20-35-14-16-36(17-15-35)31-32-12-1-13-33-31)41-30(42-27)25-8-2-22(3-9-25)19-34-28(38)10-11-29(39)40/h1-9,12-13,26-27,30,37H,10-11,14-21H2,(H,34,38)(H,39,40)/t26-,27+,30+/m1/s1. The number of carbonyl (C=O) groups is 2. The SMILES string of the molecule is O=C(O)CCC(=O)NCc1ccc([C@H]2O[C@@H](CN3CCN(c4ncccn4)CC3)C[C@@H](c3ccc(CO)cc3)O2)cc1. The van der Waals surface area contributed by atoms with Gasteiger partial charge in [0.2, 0.25) is 11.9 Å². The number of hydrogen-bond acceptors (Lipinski definition) is 9. The van der Waals surface area contributed by atoms with E-state index in [2.05, 4.69) is 25.1 Å². The molecule has 222 valence electrons. The Labute approximate surface area is 245 Å². The van der Waals surface area contributed by atoms with Gasteiger partial charge in [0.25, 0.3) is 0 Å². The summed E-state index contributed by atoms with van der Waals surface area (Å²) in [5.41, 5.74) is 3.66. The van der Waals surface area contributed by atoms with Crippen LogP contribution < -0.4 is 10.2 Å². The third-order valence-corrected chi connectivity index (χ3v) is 7.59. The molecule has 3 atom stereocenters. The van der Waals surface area contributed by atoms with Crippen molar-refractivity contribution in [3.8, 4) is 0 Å². The first-order chi connectivity index (χ1) is 20.5. The summed E-state index contributed by atoms with van der Waals surface area (Å²) in [6.45, 7) is 4.53. The van der Waals surface area contributed by atoms with Crippen LogP contribution >= 0.6 is 0 Å². The Morgan fingerprint density at radius 3 is 2.21 bits per heavy atom. The minimum atomic E-state index is -0.994. The summed E-state index contributed by atoms with van der Waals surface area (Å²) in [6.07, 6.45) is 3.21. The summed E-state index contributed by atoms with van der Waals surface area (Å²) < 4.78 is 13.0. The highest BCUT2D eigenvalue weighted by molar-refractivity contribution is 5.80. The van der Waals surface area contributed by atoms with Gasteiger partial charge in [-0.15, -0.1) is 0 Å². The molecule has 0 bridgehead atoms. The molecule has 3 heterocycles. The largest absolute Gasteiger partial charge is 0.481 e. The van der Waals surface area contributed by atoms with Gasteiger partial charge >= 0.3 is 5.97 Å². The van der Waals surface area contributed by atoms with Crippen molar-refractivity contribution in [2.45, 2.75) is 50.9 Å². The van der Waals surface area contributed by atoms with Gasteiger partial charge in [-0.2, -0.15) is 0 Å². The van der Waals surface area contributed by atoms with Crippen molar-refractivity contribution in [1.29, 1.82) is 0 Å². The van der Waals surface area contributed by atoms with E-state index in [-0.39, 0.29) is 37.6 Å². The zero-order valence-corrected chi connectivity index (χ0v) is 23.5. The molecule has 5 rings (SSSR count). The highest BCUT2D eigenvalue weighted by atomic mass is 16.7. The molecule has 3 N–H and O–H groups in total. The second-order valence-electron chi connectivity index (χ2n) is 10.6. The fourth-order valence-electron chi connectivity index (χ4n) is 5.21. The van der Waals surface area contributed by atoms with Gasteiger partial charge in [-0.05, 0) is 22.8 Å². The Bertz CT molecular complexity index is 1300. The van der Waals surface area contributed by atoms with Crippen molar-refractivity contribution in [3.63, 3.8) is 0 Å². The first-order valence-electron chi connectivity index (χ1n) is 14.3. The lowest BCUT2D eigenvalue weighted by Crippen LogP contribution is -2.50. The van der Waals surface area contributed by atoms with Gasteiger partial charge in [-0.3, -0.25) is 14.5 Å². The van der Waals surface area contributed by atoms with Crippen LogP contribution in [0.5, 0.6) is 0 Å². The van der Waals surface area contributed by atoms with Gasteiger partial charge in [0.05, 0.1) is 25.2 Å². The third kappa shape index (κ3) is 8.10. The molecule has 2 fully saturated rings. The molecule has 1 amide bonds. The fraction of sp³-hybridized carbons (Fsp3) is 0.419. The smallest absolute Gasteiger partial charge is 0.303 e. The van der Waals surface area contributed by atoms with Gasteiger partial charge < -0.3 is 29.9 Å². The van der Waals surface area contributed by atoms with E-state index < -0.39 is 12.3 Å². The van der Waals surface area contributed by atoms with Crippen molar-refractivity contribution in [1.82, 2.24) is 20.2 Å². The fourth-order valence-corrected chi connectivity index (χ4v) is 5.21. The molecule has 1 aromatic heterocycles. The van der Waals surface area contributed by atoms with Crippen LogP contribution in [-0.2, 0) is 32.2 Å². The predicted molar refractivity (Wildman–Crippen MR) is 154 cm³/mol. The van der Waals surface area contributed by atoms with Crippen molar-refractivity contribution < 1.29 is 29.3 Å². The number of amides is 1. The van der Waals surface area contributed by atoms with Crippen molar-refractivity contribution in [3.05, 3.63) is 89.2 Å². The van der Waals surface area contributed by atoms with Gasteiger partial charge in [0.15, 0.2) is 6.29 Å². The number of piperazine rings is 1. The molecule has 11 heteroatoms. The number of aliphatic hydroxyl groups excluding tert-OH is 1. The van der Waals surface area contributed by atoms with E-state index in [4.69, 9.17) is 14.6 Å². The number of ether oxygens (including phenoxy) is 2. The highest BCUT2D eigenvalue weighted by Crippen LogP contribution is 2.38. The van der Waals surface area contributed by atoms with Crippen LogP contribution in [0.1, 0.15) is 53.9 Å². The average Bonchev–Trinajstić information content (AvgIpc) is 3.03. The number of carboxylic acids is 1. The molecule has 0 radical (unpaired) electrons. The molecule has 2 aliphatic heterocycles. The van der Waals surface area contributed by atoms with Crippen molar-refractivity contribution in [2.24, 2.45) is 0 Å². The third-order valence-electron chi connectivity index (χ3n) is 7.59. The zero-order chi connectivity index (χ0) is 29.3. The molecule has 2 aliphatic rings. The minimum absolute atomic E-state index is 0.00741. The summed E-state index contributed by atoms with van der Waals surface area (Å²) in [5.74, 6) is -0.531. The Hall–Kier alpha value is -3.90. The van der Waals surface area contributed by atoms with E-state index in [0.29, 0.717) is 13.0 Å². The summed E-state index contributed by atoms with van der Waals surface area (Å²) in [5, 5.41) is 21.0. The summed E-state index contributed by atoms with van der Waals surface area (Å²) in [6, 6.07) is 17.4. The number of rotatable bonds is 11. The molecule has 0 spiro atoms. The molecule has 0 aliphatic carbocycles. The normalized spacial score (nSPS) is 21.2. The first-order valence-corrected chi connectivity index (χ1v) is 14.3. The maximum atomic E-state index is 11.9. The number of nitrogens with zero attached hydrogens (tertiary/aromatic N) is 4. The van der Waals surface area contributed by atoms with E-state index >= 15 is 0 Å². The van der Waals surface area contributed by atoms with Gasteiger partial charge in [-0.25, -0.2) is 9.97 Å². The second-order valence-corrected chi connectivity index (χ2v) is 10.6. The topological polar surface area (TPSA) is 137 Å². The minimum Gasteiger partial charge on any atom is -0.481 e. The van der Waals surface area contributed by atoms with Crippen LogP contribution in [0, 0.1) is 0 Å². The van der Waals surface area contributed by atoms with Crippen molar-refractivity contribution >= 4 is 17.8 Å².